The van der Waals surface area contributed by atoms with E-state index in [1.54, 1.807) is 0 Å². The van der Waals surface area contributed by atoms with E-state index in [0.717, 1.165) is 26.5 Å². The molecule has 0 spiro atoms. The molecule has 2 aromatic carbocycles. The summed E-state index contributed by atoms with van der Waals surface area (Å²) in [4.78, 5) is 16.5. The normalized spacial score (nSPS) is 11.4. The number of carbonyl (C=O) groups excluding carboxylic acids is 1. The maximum Gasteiger partial charge on any atom is 0.277 e. The molecule has 0 saturated carbocycles. The van der Waals surface area contributed by atoms with Gasteiger partial charge in [-0.2, -0.15) is 5.10 Å². The second-order valence-corrected chi connectivity index (χ2v) is 8.15. The number of nitrogens with zero attached hydrogens (tertiary/aromatic N) is 2. The highest BCUT2D eigenvalue weighted by Crippen LogP contribution is 2.32. The smallest absolute Gasteiger partial charge is 0.277 e. The molecule has 7 heteroatoms. The number of hydrogen-bond acceptors (Lipinski definition) is 4. The molecule has 0 aliphatic carbocycles. The molecule has 0 saturated heterocycles. The Kier molecular flexibility index (Phi) is 6.87. The van der Waals surface area contributed by atoms with E-state index in [2.05, 4.69) is 45.3 Å². The van der Waals surface area contributed by atoms with E-state index in [1.165, 1.54) is 6.21 Å². The summed E-state index contributed by atoms with van der Waals surface area (Å²) in [6.07, 6.45) is 1.48. The van der Waals surface area contributed by atoms with Crippen LogP contribution in [0.3, 0.4) is 0 Å². The Morgan fingerprint density at radius 2 is 2.07 bits per heavy atom. The molecule has 1 heterocycles. The lowest BCUT2D eigenvalue weighted by molar-refractivity contribution is -0.123. The predicted molar refractivity (Wildman–Crippen MR) is 121 cm³/mol. The van der Waals surface area contributed by atoms with Gasteiger partial charge in [-0.05, 0) is 48.2 Å². The molecule has 5 nitrogen and oxygen atoms in total. The van der Waals surface area contributed by atoms with Gasteiger partial charge in [-0.25, -0.2) is 10.4 Å². The summed E-state index contributed by atoms with van der Waals surface area (Å²) >= 11 is 9.73. The average Bonchev–Trinajstić information content (AvgIpc) is 2.68. The van der Waals surface area contributed by atoms with Crippen LogP contribution in [0.4, 0.5) is 0 Å². The molecular formula is C22H21BrClN3O2. The number of carbonyl (C=O) groups is 1. The van der Waals surface area contributed by atoms with E-state index in [0.29, 0.717) is 16.5 Å². The van der Waals surface area contributed by atoms with Gasteiger partial charge in [0.15, 0.2) is 6.61 Å². The third kappa shape index (κ3) is 5.34. The number of halogens is 2. The summed E-state index contributed by atoms with van der Waals surface area (Å²) < 4.78 is 6.75. The third-order valence-corrected chi connectivity index (χ3v) is 5.53. The van der Waals surface area contributed by atoms with Gasteiger partial charge in [0.1, 0.15) is 10.9 Å². The SMILES string of the molecule is Cc1cc(OCC(=O)N/N=C/c2cc3ccccc3nc2Cl)c(C(C)C)cc1Br. The van der Waals surface area contributed by atoms with Crippen LogP contribution in [0.5, 0.6) is 5.75 Å². The quantitative estimate of drug-likeness (QED) is 0.287. The minimum Gasteiger partial charge on any atom is -0.483 e. The Morgan fingerprint density at radius 1 is 1.31 bits per heavy atom. The van der Waals surface area contributed by atoms with Crippen molar-refractivity contribution in [2.75, 3.05) is 6.61 Å². The van der Waals surface area contributed by atoms with Crippen LogP contribution in [0.1, 0.15) is 36.5 Å². The molecule has 0 aliphatic rings. The maximum absolute atomic E-state index is 12.1. The van der Waals surface area contributed by atoms with E-state index in [9.17, 15) is 4.79 Å². The molecule has 0 fully saturated rings. The summed E-state index contributed by atoms with van der Waals surface area (Å²) in [6, 6.07) is 13.5. The fourth-order valence-corrected chi connectivity index (χ4v) is 3.35. The number of amides is 1. The Balaban J connectivity index is 1.64. The van der Waals surface area contributed by atoms with Crippen LogP contribution in [0, 0.1) is 6.92 Å². The van der Waals surface area contributed by atoms with Crippen LogP contribution >= 0.6 is 27.5 Å². The number of rotatable bonds is 6. The number of aryl methyl sites for hydroxylation is 1. The number of fused-ring (bicyclic) bond motifs is 1. The van der Waals surface area contributed by atoms with E-state index < -0.39 is 0 Å². The largest absolute Gasteiger partial charge is 0.483 e. The van der Waals surface area contributed by atoms with Gasteiger partial charge in [-0.1, -0.05) is 59.6 Å². The zero-order valence-corrected chi connectivity index (χ0v) is 18.7. The summed E-state index contributed by atoms with van der Waals surface area (Å²) in [5.74, 6) is 0.605. The lowest BCUT2D eigenvalue weighted by atomic mass is 10.0. The van der Waals surface area contributed by atoms with Gasteiger partial charge < -0.3 is 4.74 Å². The third-order valence-electron chi connectivity index (χ3n) is 4.37. The molecule has 1 amide bonds. The van der Waals surface area contributed by atoms with Crippen LogP contribution in [-0.2, 0) is 4.79 Å². The zero-order chi connectivity index (χ0) is 21.0. The second-order valence-electron chi connectivity index (χ2n) is 6.94. The highest BCUT2D eigenvalue weighted by atomic mass is 79.9. The van der Waals surface area contributed by atoms with Crippen molar-refractivity contribution in [3.05, 3.63) is 68.8 Å². The Morgan fingerprint density at radius 3 is 2.83 bits per heavy atom. The Bertz CT molecular complexity index is 1080. The lowest BCUT2D eigenvalue weighted by Crippen LogP contribution is -2.25. The number of ether oxygens (including phenoxy) is 1. The monoisotopic (exact) mass is 473 g/mol. The first-order valence-electron chi connectivity index (χ1n) is 9.15. The molecule has 0 atom stereocenters. The van der Waals surface area contributed by atoms with Crippen molar-refractivity contribution in [2.45, 2.75) is 26.7 Å². The number of hydrogen-bond donors (Lipinski definition) is 1. The van der Waals surface area contributed by atoms with Crippen molar-refractivity contribution in [3.63, 3.8) is 0 Å². The molecule has 29 heavy (non-hydrogen) atoms. The first kappa shape index (κ1) is 21.3. The summed E-state index contributed by atoms with van der Waals surface area (Å²) in [6.45, 7) is 6.00. The highest BCUT2D eigenvalue weighted by molar-refractivity contribution is 9.10. The van der Waals surface area contributed by atoms with Crippen LogP contribution in [0.25, 0.3) is 10.9 Å². The van der Waals surface area contributed by atoms with Gasteiger partial charge in [0, 0.05) is 15.4 Å². The van der Waals surface area contributed by atoms with E-state index in [4.69, 9.17) is 16.3 Å². The fraction of sp³-hybridized carbons (Fsp3) is 0.227. The number of para-hydroxylation sites is 1. The molecule has 0 radical (unpaired) electrons. The number of aromatic nitrogens is 1. The molecule has 3 rings (SSSR count). The average molecular weight is 475 g/mol. The number of nitrogens with one attached hydrogen (secondary N) is 1. The maximum atomic E-state index is 12.1. The first-order chi connectivity index (χ1) is 13.8. The van der Waals surface area contributed by atoms with Gasteiger partial charge in [0.25, 0.3) is 5.91 Å². The molecule has 3 aromatic rings. The standard InChI is InChI=1S/C22H21BrClN3O2/c1-13(2)17-10-18(23)14(3)8-20(17)29-12-21(28)27-25-11-16-9-15-6-4-5-7-19(15)26-22(16)24/h4-11,13H,12H2,1-3H3,(H,27,28)/b25-11+. The molecule has 1 N–H and O–H groups in total. The van der Waals surface area contributed by atoms with Crippen LogP contribution in [-0.4, -0.2) is 23.7 Å². The van der Waals surface area contributed by atoms with Gasteiger partial charge in [-0.15, -0.1) is 0 Å². The minimum absolute atomic E-state index is 0.137. The van der Waals surface area contributed by atoms with E-state index in [-0.39, 0.29) is 18.4 Å². The van der Waals surface area contributed by atoms with Crippen LogP contribution < -0.4 is 10.2 Å². The summed E-state index contributed by atoms with van der Waals surface area (Å²) in [5.41, 5.74) is 5.97. The lowest BCUT2D eigenvalue weighted by Gasteiger charge is -2.15. The second kappa shape index (κ2) is 9.37. The highest BCUT2D eigenvalue weighted by Gasteiger charge is 2.12. The van der Waals surface area contributed by atoms with Crippen LogP contribution in [0.2, 0.25) is 5.15 Å². The molecule has 0 bridgehead atoms. The van der Waals surface area contributed by atoms with Gasteiger partial charge in [0.2, 0.25) is 0 Å². The fourth-order valence-electron chi connectivity index (χ4n) is 2.80. The Labute approximate surface area is 183 Å². The van der Waals surface area contributed by atoms with E-state index in [1.807, 2.05) is 49.4 Å². The number of benzene rings is 2. The number of hydrazone groups is 1. The van der Waals surface area contributed by atoms with E-state index >= 15 is 0 Å². The summed E-state index contributed by atoms with van der Waals surface area (Å²) in [5, 5.41) is 5.24. The molecule has 1 aromatic heterocycles. The molecule has 150 valence electrons. The Hall–Kier alpha value is -2.44. The van der Waals surface area contributed by atoms with Gasteiger partial charge in [0.05, 0.1) is 11.7 Å². The topological polar surface area (TPSA) is 63.6 Å². The molecule has 0 unspecified atom stereocenters. The van der Waals surface area contributed by atoms with Crippen molar-refractivity contribution in [3.8, 4) is 5.75 Å². The predicted octanol–water partition coefficient (Wildman–Crippen LogP) is 5.61. The molecular weight excluding hydrogens is 454 g/mol. The van der Waals surface area contributed by atoms with Gasteiger partial charge in [-0.3, -0.25) is 4.79 Å². The zero-order valence-electron chi connectivity index (χ0n) is 16.4. The first-order valence-corrected chi connectivity index (χ1v) is 10.3. The number of pyridine rings is 1. The summed E-state index contributed by atoms with van der Waals surface area (Å²) in [7, 11) is 0. The van der Waals surface area contributed by atoms with Crippen molar-refractivity contribution >= 4 is 50.6 Å². The van der Waals surface area contributed by atoms with Crippen LogP contribution in [0.15, 0.2) is 52.0 Å². The van der Waals surface area contributed by atoms with Crippen molar-refractivity contribution < 1.29 is 9.53 Å². The van der Waals surface area contributed by atoms with Crippen molar-refractivity contribution in [1.29, 1.82) is 0 Å². The van der Waals surface area contributed by atoms with Crippen molar-refractivity contribution in [1.82, 2.24) is 10.4 Å². The minimum atomic E-state index is -0.360. The molecule has 0 aliphatic heterocycles. The van der Waals surface area contributed by atoms with Gasteiger partial charge >= 0.3 is 0 Å². The van der Waals surface area contributed by atoms with Crippen molar-refractivity contribution in [2.24, 2.45) is 5.10 Å².